The maximum Gasteiger partial charge on any atom is 0.449 e. The van der Waals surface area contributed by atoms with Crippen LogP contribution in [-0.2, 0) is 22.3 Å². The molecular weight excluding hydrogens is 311 g/mol. The molecule has 1 atom stereocenters. The van der Waals surface area contributed by atoms with E-state index in [0.29, 0.717) is 13.2 Å². The van der Waals surface area contributed by atoms with Gasteiger partial charge in [-0.05, 0) is 25.0 Å². The number of para-hydroxylation sites is 2. The van der Waals surface area contributed by atoms with Crippen molar-refractivity contribution >= 4 is 16.9 Å². The number of ether oxygens (including phenoxy) is 1. The molecule has 1 aliphatic heterocycles. The number of benzene rings is 1. The van der Waals surface area contributed by atoms with E-state index in [0.717, 1.165) is 17.4 Å². The third-order valence-corrected chi connectivity index (χ3v) is 3.76. The van der Waals surface area contributed by atoms with Gasteiger partial charge in [-0.3, -0.25) is 4.79 Å². The van der Waals surface area contributed by atoms with Crippen molar-refractivity contribution in [3.63, 3.8) is 0 Å². The molecule has 1 aromatic carbocycles. The van der Waals surface area contributed by atoms with Crippen LogP contribution in [0.15, 0.2) is 24.3 Å². The van der Waals surface area contributed by atoms with Gasteiger partial charge in [-0.15, -0.1) is 0 Å². The topological polar surface area (TPSA) is 56.2 Å². The van der Waals surface area contributed by atoms with Gasteiger partial charge in [-0.2, -0.15) is 13.2 Å². The largest absolute Gasteiger partial charge is 0.449 e. The number of fused-ring (bicyclic) bond motifs is 1. The van der Waals surface area contributed by atoms with Gasteiger partial charge in [0.15, 0.2) is 0 Å². The number of halogens is 3. The van der Waals surface area contributed by atoms with E-state index < -0.39 is 24.5 Å². The summed E-state index contributed by atoms with van der Waals surface area (Å²) in [7, 11) is 0. The van der Waals surface area contributed by atoms with Crippen LogP contribution in [0.3, 0.4) is 0 Å². The molecule has 2 aromatic rings. The van der Waals surface area contributed by atoms with Crippen LogP contribution in [-0.4, -0.2) is 34.7 Å². The maximum absolute atomic E-state index is 13.1. The monoisotopic (exact) mass is 327 g/mol. The second-order valence-electron chi connectivity index (χ2n) is 5.45. The SMILES string of the molecule is O=C(Cn1c(C(F)(F)F)nc2ccccc21)NCC1CCCO1. The highest BCUT2D eigenvalue weighted by Crippen LogP contribution is 2.31. The fraction of sp³-hybridized carbons (Fsp3) is 0.467. The molecule has 1 fully saturated rings. The maximum atomic E-state index is 13.1. The highest BCUT2D eigenvalue weighted by atomic mass is 19.4. The van der Waals surface area contributed by atoms with Crippen molar-refractivity contribution in [2.75, 3.05) is 13.2 Å². The van der Waals surface area contributed by atoms with E-state index in [-0.39, 0.29) is 17.1 Å². The number of hydrogen-bond donors (Lipinski definition) is 1. The lowest BCUT2D eigenvalue weighted by Crippen LogP contribution is -2.34. The van der Waals surface area contributed by atoms with E-state index >= 15 is 0 Å². The molecule has 0 saturated carbocycles. The minimum Gasteiger partial charge on any atom is -0.376 e. The molecule has 1 aliphatic rings. The summed E-state index contributed by atoms with van der Waals surface area (Å²) in [6.45, 7) is 0.541. The van der Waals surface area contributed by atoms with Gasteiger partial charge < -0.3 is 14.6 Å². The number of hydrogen-bond acceptors (Lipinski definition) is 3. The fourth-order valence-electron chi connectivity index (χ4n) is 2.68. The molecule has 0 radical (unpaired) electrons. The van der Waals surface area contributed by atoms with Crippen molar-refractivity contribution in [1.82, 2.24) is 14.9 Å². The van der Waals surface area contributed by atoms with Crippen LogP contribution >= 0.6 is 0 Å². The smallest absolute Gasteiger partial charge is 0.376 e. The highest BCUT2D eigenvalue weighted by Gasteiger charge is 2.38. The van der Waals surface area contributed by atoms with Crippen LogP contribution in [0.1, 0.15) is 18.7 Å². The molecule has 1 amide bonds. The van der Waals surface area contributed by atoms with Crippen molar-refractivity contribution in [1.29, 1.82) is 0 Å². The molecule has 23 heavy (non-hydrogen) atoms. The van der Waals surface area contributed by atoms with Crippen molar-refractivity contribution < 1.29 is 22.7 Å². The molecule has 0 bridgehead atoms. The molecule has 1 saturated heterocycles. The lowest BCUT2D eigenvalue weighted by atomic mass is 10.2. The Morgan fingerprint density at radius 3 is 2.87 bits per heavy atom. The predicted octanol–water partition coefficient (Wildman–Crippen LogP) is 2.35. The number of rotatable bonds is 4. The Labute approximate surface area is 130 Å². The first-order valence-corrected chi connectivity index (χ1v) is 7.36. The molecule has 124 valence electrons. The van der Waals surface area contributed by atoms with E-state index in [9.17, 15) is 18.0 Å². The Kier molecular flexibility index (Phi) is 4.25. The Bertz CT molecular complexity index is 706. The van der Waals surface area contributed by atoms with Gasteiger partial charge in [0, 0.05) is 13.2 Å². The summed E-state index contributed by atoms with van der Waals surface area (Å²) < 4.78 is 45.7. The summed E-state index contributed by atoms with van der Waals surface area (Å²) in [6, 6.07) is 6.23. The van der Waals surface area contributed by atoms with Crippen LogP contribution in [0.2, 0.25) is 0 Å². The summed E-state index contributed by atoms with van der Waals surface area (Å²) in [6.07, 6.45) is -2.89. The minimum atomic E-state index is -4.62. The van der Waals surface area contributed by atoms with Crippen molar-refractivity contribution in [3.05, 3.63) is 30.1 Å². The zero-order valence-electron chi connectivity index (χ0n) is 12.3. The quantitative estimate of drug-likeness (QED) is 0.938. The van der Waals surface area contributed by atoms with Crippen LogP contribution in [0.4, 0.5) is 13.2 Å². The molecule has 1 unspecified atom stereocenters. The summed E-state index contributed by atoms with van der Waals surface area (Å²) in [5.74, 6) is -1.56. The molecule has 3 rings (SSSR count). The molecule has 2 heterocycles. The van der Waals surface area contributed by atoms with Gasteiger partial charge in [0.25, 0.3) is 0 Å². The van der Waals surface area contributed by atoms with Crippen LogP contribution < -0.4 is 5.32 Å². The standard InChI is InChI=1S/C15H16F3N3O2/c16-15(17,18)14-20-11-5-1-2-6-12(11)21(14)9-13(22)19-8-10-4-3-7-23-10/h1-2,5-6,10H,3-4,7-9H2,(H,19,22). The average molecular weight is 327 g/mol. The van der Waals surface area contributed by atoms with E-state index in [1.54, 1.807) is 12.1 Å². The summed E-state index contributed by atoms with van der Waals surface area (Å²) in [5, 5.41) is 2.63. The Morgan fingerprint density at radius 2 is 2.17 bits per heavy atom. The number of nitrogens with zero attached hydrogens (tertiary/aromatic N) is 2. The molecule has 1 N–H and O–H groups in total. The number of alkyl halides is 3. The van der Waals surface area contributed by atoms with Crippen LogP contribution in [0.5, 0.6) is 0 Å². The van der Waals surface area contributed by atoms with Crippen molar-refractivity contribution in [2.24, 2.45) is 0 Å². The summed E-state index contributed by atoms with van der Waals surface area (Å²) in [4.78, 5) is 15.6. The number of imidazole rings is 1. The Morgan fingerprint density at radius 1 is 1.39 bits per heavy atom. The first-order chi connectivity index (χ1) is 10.9. The first kappa shape index (κ1) is 15.8. The zero-order chi connectivity index (χ0) is 16.4. The minimum absolute atomic E-state index is 0.0550. The van der Waals surface area contributed by atoms with E-state index in [2.05, 4.69) is 10.3 Å². The number of nitrogens with one attached hydrogen (secondary N) is 1. The third-order valence-electron chi connectivity index (χ3n) is 3.76. The molecule has 0 spiro atoms. The van der Waals surface area contributed by atoms with E-state index in [1.807, 2.05) is 0 Å². The van der Waals surface area contributed by atoms with Gasteiger partial charge in [0.1, 0.15) is 6.54 Å². The normalized spacial score (nSPS) is 18.5. The van der Waals surface area contributed by atoms with Crippen LogP contribution in [0.25, 0.3) is 11.0 Å². The van der Waals surface area contributed by atoms with Crippen LogP contribution in [0, 0.1) is 0 Å². The fourth-order valence-corrected chi connectivity index (χ4v) is 2.68. The van der Waals surface area contributed by atoms with Gasteiger partial charge in [-0.1, -0.05) is 12.1 Å². The zero-order valence-corrected chi connectivity index (χ0v) is 12.3. The molecule has 1 aromatic heterocycles. The molecule has 0 aliphatic carbocycles. The number of amides is 1. The molecular formula is C15H16F3N3O2. The van der Waals surface area contributed by atoms with Crippen molar-refractivity contribution in [2.45, 2.75) is 31.7 Å². The highest BCUT2D eigenvalue weighted by molar-refractivity contribution is 5.81. The average Bonchev–Trinajstić information content (AvgIpc) is 3.13. The Hall–Kier alpha value is -2.09. The predicted molar refractivity (Wildman–Crippen MR) is 76.7 cm³/mol. The summed E-state index contributed by atoms with van der Waals surface area (Å²) in [5.41, 5.74) is 0.499. The second kappa shape index (κ2) is 6.19. The Balaban J connectivity index is 1.79. The second-order valence-corrected chi connectivity index (χ2v) is 5.45. The lowest BCUT2D eigenvalue weighted by Gasteiger charge is -2.13. The lowest BCUT2D eigenvalue weighted by molar-refractivity contribution is -0.147. The van der Waals surface area contributed by atoms with Gasteiger partial charge in [0.05, 0.1) is 17.1 Å². The van der Waals surface area contributed by atoms with Gasteiger partial charge >= 0.3 is 6.18 Å². The third kappa shape index (κ3) is 3.47. The number of aromatic nitrogens is 2. The number of carbonyl (C=O) groups is 1. The van der Waals surface area contributed by atoms with Gasteiger partial charge in [-0.25, -0.2) is 4.98 Å². The van der Waals surface area contributed by atoms with Gasteiger partial charge in [0.2, 0.25) is 11.7 Å². The van der Waals surface area contributed by atoms with Crippen molar-refractivity contribution in [3.8, 4) is 0 Å². The molecule has 8 heteroatoms. The number of carbonyl (C=O) groups excluding carboxylic acids is 1. The molecule has 5 nitrogen and oxygen atoms in total. The summed E-state index contributed by atoms with van der Waals surface area (Å²) >= 11 is 0. The first-order valence-electron chi connectivity index (χ1n) is 7.36. The van der Waals surface area contributed by atoms with E-state index in [1.165, 1.54) is 12.1 Å². The van der Waals surface area contributed by atoms with E-state index in [4.69, 9.17) is 4.74 Å².